The number of carbonyl (C=O) groups is 2. The zero-order valence-electron chi connectivity index (χ0n) is 13.5. The average Bonchev–Trinajstić information content (AvgIpc) is 2.93. The van der Waals surface area contributed by atoms with Crippen LogP contribution in [0.4, 0.5) is 10.1 Å². The van der Waals surface area contributed by atoms with E-state index in [1.807, 2.05) is 26.0 Å². The zero-order chi connectivity index (χ0) is 17.1. The van der Waals surface area contributed by atoms with Crippen molar-refractivity contribution in [3.63, 3.8) is 0 Å². The van der Waals surface area contributed by atoms with Gasteiger partial charge in [-0.25, -0.2) is 4.39 Å². The first-order valence-corrected chi connectivity index (χ1v) is 8.02. The molecule has 2 aromatic rings. The number of aryl methyl sites for hydroxylation is 1. The molecule has 1 aromatic heterocycles. The lowest BCUT2D eigenvalue weighted by atomic mass is 10.1. The van der Waals surface area contributed by atoms with Crippen LogP contribution in [-0.4, -0.2) is 23.8 Å². The van der Waals surface area contributed by atoms with Crippen LogP contribution in [0.3, 0.4) is 0 Å². The molecule has 0 aliphatic carbocycles. The second-order valence-corrected chi connectivity index (χ2v) is 6.74. The van der Waals surface area contributed by atoms with Crippen LogP contribution < -0.4 is 5.32 Å². The van der Waals surface area contributed by atoms with Gasteiger partial charge in [-0.15, -0.1) is 11.3 Å². The Morgan fingerprint density at radius 2 is 1.96 bits per heavy atom. The molecule has 0 radical (unpaired) electrons. The zero-order valence-corrected chi connectivity index (χ0v) is 14.3. The number of thiophene rings is 1. The fraction of sp³-hybridized carbons (Fsp3) is 0.294. The highest BCUT2D eigenvalue weighted by atomic mass is 32.1. The molecule has 1 aromatic carbocycles. The Bertz CT molecular complexity index is 742. The van der Waals surface area contributed by atoms with E-state index >= 15 is 0 Å². The number of hydrogen-bond acceptors (Lipinski definition) is 3. The van der Waals surface area contributed by atoms with Gasteiger partial charge in [0.2, 0.25) is 5.91 Å². The number of anilines is 1. The monoisotopic (exact) mass is 334 g/mol. The van der Waals surface area contributed by atoms with Crippen molar-refractivity contribution in [1.82, 2.24) is 4.90 Å². The maximum atomic E-state index is 14.0. The topological polar surface area (TPSA) is 49.4 Å². The second kappa shape index (κ2) is 6.91. The van der Waals surface area contributed by atoms with Crippen LogP contribution >= 0.6 is 11.3 Å². The summed E-state index contributed by atoms with van der Waals surface area (Å²) in [7, 11) is 1.65. The van der Waals surface area contributed by atoms with Crippen LogP contribution in [0.1, 0.15) is 40.0 Å². The molecule has 1 N–H and O–H groups in total. The third-order valence-electron chi connectivity index (χ3n) is 3.59. The summed E-state index contributed by atoms with van der Waals surface area (Å²) < 4.78 is 14.0. The summed E-state index contributed by atoms with van der Waals surface area (Å²) in [5.41, 5.74) is 0.342. The number of carbonyl (C=O) groups excluding carboxylic acids is 2. The minimum atomic E-state index is -0.606. The van der Waals surface area contributed by atoms with E-state index < -0.39 is 11.7 Å². The molecular weight excluding hydrogens is 315 g/mol. The first-order chi connectivity index (χ1) is 10.8. The van der Waals surface area contributed by atoms with Crippen LogP contribution in [0.15, 0.2) is 30.3 Å². The summed E-state index contributed by atoms with van der Waals surface area (Å²) in [5, 5.41) is 2.56. The largest absolute Gasteiger partial charge is 0.334 e. The predicted octanol–water partition coefficient (Wildman–Crippen LogP) is 3.99. The van der Waals surface area contributed by atoms with Crippen molar-refractivity contribution < 1.29 is 14.0 Å². The minimum Gasteiger partial charge on any atom is -0.334 e. The van der Waals surface area contributed by atoms with Crippen LogP contribution in [0.5, 0.6) is 0 Å². The molecular formula is C17H19FN2O2S. The van der Waals surface area contributed by atoms with Crippen LogP contribution in [0.2, 0.25) is 0 Å². The summed E-state index contributed by atoms with van der Waals surface area (Å²) in [6.07, 6.45) is 0. The maximum absolute atomic E-state index is 14.0. The molecule has 2 amide bonds. The van der Waals surface area contributed by atoms with Gasteiger partial charge in [0.05, 0.1) is 11.6 Å². The van der Waals surface area contributed by atoms with Crippen molar-refractivity contribution in [2.75, 3.05) is 12.4 Å². The van der Waals surface area contributed by atoms with E-state index in [2.05, 4.69) is 5.32 Å². The van der Waals surface area contributed by atoms with E-state index in [4.69, 9.17) is 0 Å². The standard InChI is InChI=1S/C17H19FN2O2S/c1-10-5-8-16(23-10)11(2)20(4)17(22)14-9-13(19-12(3)21)6-7-15(14)18/h5-9,11H,1-4H3,(H,19,21)/t11-/m0/s1. The molecule has 1 heterocycles. The van der Waals surface area contributed by atoms with E-state index in [0.717, 1.165) is 9.75 Å². The first-order valence-electron chi connectivity index (χ1n) is 7.20. The van der Waals surface area contributed by atoms with Gasteiger partial charge in [0.25, 0.3) is 5.91 Å². The van der Waals surface area contributed by atoms with Crippen molar-refractivity contribution in [3.05, 3.63) is 51.5 Å². The number of halogens is 1. The quantitative estimate of drug-likeness (QED) is 0.919. The third kappa shape index (κ3) is 3.96. The third-order valence-corrected chi connectivity index (χ3v) is 4.76. The van der Waals surface area contributed by atoms with Gasteiger partial charge >= 0.3 is 0 Å². The normalized spacial score (nSPS) is 11.9. The molecule has 1 atom stereocenters. The van der Waals surface area contributed by atoms with Crippen LogP contribution in [-0.2, 0) is 4.79 Å². The molecule has 6 heteroatoms. The molecule has 2 rings (SSSR count). The highest BCUT2D eigenvalue weighted by molar-refractivity contribution is 7.12. The lowest BCUT2D eigenvalue weighted by Gasteiger charge is -2.24. The Morgan fingerprint density at radius 1 is 1.26 bits per heavy atom. The molecule has 0 fully saturated rings. The van der Waals surface area contributed by atoms with Crippen molar-refractivity contribution in [2.45, 2.75) is 26.8 Å². The van der Waals surface area contributed by atoms with Crippen molar-refractivity contribution in [3.8, 4) is 0 Å². The number of benzene rings is 1. The van der Waals surface area contributed by atoms with E-state index in [1.54, 1.807) is 18.4 Å². The highest BCUT2D eigenvalue weighted by Gasteiger charge is 2.23. The number of nitrogens with one attached hydrogen (secondary N) is 1. The summed E-state index contributed by atoms with van der Waals surface area (Å²) in [6, 6.07) is 7.78. The van der Waals surface area contributed by atoms with Gasteiger partial charge in [-0.05, 0) is 44.2 Å². The van der Waals surface area contributed by atoms with Gasteiger partial charge in [-0.2, -0.15) is 0 Å². The Labute approximate surface area is 138 Å². The maximum Gasteiger partial charge on any atom is 0.257 e. The van der Waals surface area contributed by atoms with Gasteiger partial charge in [0, 0.05) is 29.4 Å². The fourth-order valence-corrected chi connectivity index (χ4v) is 3.18. The molecule has 0 bridgehead atoms. The van der Waals surface area contributed by atoms with Crippen molar-refractivity contribution in [2.24, 2.45) is 0 Å². The second-order valence-electron chi connectivity index (χ2n) is 5.42. The average molecular weight is 334 g/mol. The van der Waals surface area contributed by atoms with Gasteiger partial charge < -0.3 is 10.2 Å². The van der Waals surface area contributed by atoms with Crippen LogP contribution in [0.25, 0.3) is 0 Å². The molecule has 23 heavy (non-hydrogen) atoms. The number of hydrogen-bond donors (Lipinski definition) is 1. The summed E-state index contributed by atoms with van der Waals surface area (Å²) in [4.78, 5) is 27.4. The molecule has 0 saturated heterocycles. The number of nitrogens with zero attached hydrogens (tertiary/aromatic N) is 1. The Kier molecular flexibility index (Phi) is 5.15. The van der Waals surface area contributed by atoms with E-state index in [0.29, 0.717) is 5.69 Å². The molecule has 122 valence electrons. The van der Waals surface area contributed by atoms with Crippen molar-refractivity contribution >= 4 is 28.8 Å². The molecule has 0 aliphatic heterocycles. The Balaban J connectivity index is 2.26. The van der Waals surface area contributed by atoms with Crippen molar-refractivity contribution in [1.29, 1.82) is 0 Å². The lowest BCUT2D eigenvalue weighted by molar-refractivity contribution is -0.114. The summed E-state index contributed by atoms with van der Waals surface area (Å²) in [6.45, 7) is 5.26. The van der Waals surface area contributed by atoms with Crippen LogP contribution in [0, 0.1) is 12.7 Å². The molecule has 0 spiro atoms. The summed E-state index contributed by atoms with van der Waals surface area (Å²) >= 11 is 1.61. The molecule has 4 nitrogen and oxygen atoms in total. The van der Waals surface area contributed by atoms with Gasteiger partial charge in [0.15, 0.2) is 0 Å². The predicted molar refractivity (Wildman–Crippen MR) is 90.3 cm³/mol. The van der Waals surface area contributed by atoms with Gasteiger partial charge in [-0.1, -0.05) is 0 Å². The Hall–Kier alpha value is -2.21. The highest BCUT2D eigenvalue weighted by Crippen LogP contribution is 2.28. The molecule has 0 aliphatic rings. The smallest absolute Gasteiger partial charge is 0.257 e. The molecule has 0 unspecified atom stereocenters. The van der Waals surface area contributed by atoms with E-state index in [9.17, 15) is 14.0 Å². The van der Waals surface area contributed by atoms with E-state index in [1.165, 1.54) is 30.0 Å². The number of rotatable bonds is 4. The first kappa shape index (κ1) is 17.1. The van der Waals surface area contributed by atoms with Gasteiger partial charge in [-0.3, -0.25) is 9.59 Å². The number of amides is 2. The SMILES string of the molecule is CC(=O)Nc1ccc(F)c(C(=O)N(C)[C@@H](C)c2ccc(C)s2)c1. The lowest BCUT2D eigenvalue weighted by Crippen LogP contribution is -2.30. The Morgan fingerprint density at radius 3 is 2.52 bits per heavy atom. The summed E-state index contributed by atoms with van der Waals surface area (Å²) in [5.74, 6) is -1.30. The molecule has 0 saturated carbocycles. The fourth-order valence-electron chi connectivity index (χ4n) is 2.20. The van der Waals surface area contributed by atoms with Gasteiger partial charge in [0.1, 0.15) is 5.82 Å². The minimum absolute atomic E-state index is 0.0566. The van der Waals surface area contributed by atoms with E-state index in [-0.39, 0.29) is 17.5 Å².